The summed E-state index contributed by atoms with van der Waals surface area (Å²) in [6.07, 6.45) is 14.8. The molecule has 2 aliphatic rings. The van der Waals surface area contributed by atoms with Crippen LogP contribution in [0.15, 0.2) is 24.3 Å². The summed E-state index contributed by atoms with van der Waals surface area (Å²) in [5.41, 5.74) is 3.52. The van der Waals surface area contributed by atoms with Crippen molar-refractivity contribution in [1.82, 2.24) is 4.48 Å². The van der Waals surface area contributed by atoms with Crippen LogP contribution >= 0.6 is 7.92 Å². The van der Waals surface area contributed by atoms with Gasteiger partial charge in [-0.2, -0.15) is 0 Å². The Bertz CT molecular complexity index is 494. The predicted octanol–water partition coefficient (Wildman–Crippen LogP) is 6.21. The van der Waals surface area contributed by atoms with Crippen LogP contribution in [0.2, 0.25) is 0 Å². The van der Waals surface area contributed by atoms with Gasteiger partial charge in [0, 0.05) is 19.4 Å². The highest BCUT2D eigenvalue weighted by molar-refractivity contribution is 7.67. The number of nitrogens with zero attached hydrogens (tertiary/aromatic N) is 1. The van der Waals surface area contributed by atoms with Crippen LogP contribution in [-0.4, -0.2) is 25.4 Å². The fourth-order valence-corrected chi connectivity index (χ4v) is 8.80. The minimum Gasteiger partial charge on any atom is -0.426 e. The lowest BCUT2D eigenvalue weighted by Crippen LogP contribution is -2.41. The lowest BCUT2D eigenvalue weighted by Gasteiger charge is -2.44. The topological polar surface area (TPSA) is 0 Å². The monoisotopic (exact) mass is 345 g/mol. The average molecular weight is 346 g/mol. The lowest BCUT2D eigenvalue weighted by molar-refractivity contribution is 0.482. The molecule has 2 heteroatoms. The third-order valence-corrected chi connectivity index (χ3v) is 9.90. The molecule has 0 unspecified atom stereocenters. The van der Waals surface area contributed by atoms with Gasteiger partial charge in [0.25, 0.3) is 0 Å². The van der Waals surface area contributed by atoms with E-state index in [4.69, 9.17) is 0 Å². The Morgan fingerprint density at radius 1 is 0.833 bits per heavy atom. The van der Waals surface area contributed by atoms with Crippen LogP contribution in [0.4, 0.5) is 5.69 Å². The van der Waals surface area contributed by atoms with Crippen molar-refractivity contribution in [1.29, 1.82) is 0 Å². The first-order valence-corrected chi connectivity index (χ1v) is 11.6. The summed E-state index contributed by atoms with van der Waals surface area (Å²) < 4.78 is 0.911. The normalized spacial score (nSPS) is 21.3. The minimum atomic E-state index is -0.0185. The van der Waals surface area contributed by atoms with E-state index in [1.807, 2.05) is 0 Å². The van der Waals surface area contributed by atoms with Crippen LogP contribution < -0.4 is 9.79 Å². The zero-order valence-corrected chi connectivity index (χ0v) is 16.9. The third-order valence-electron chi connectivity index (χ3n) is 6.36. The van der Waals surface area contributed by atoms with Gasteiger partial charge in [-0.1, -0.05) is 58.6 Å². The lowest BCUT2D eigenvalue weighted by atomic mass is 9.99. The summed E-state index contributed by atoms with van der Waals surface area (Å²) in [5.74, 6) is 0. The predicted molar refractivity (Wildman–Crippen MR) is 110 cm³/mol. The Hall–Kier alpha value is -0.390. The highest BCUT2D eigenvalue weighted by atomic mass is 31.1. The Morgan fingerprint density at radius 2 is 1.33 bits per heavy atom. The molecule has 3 rings (SSSR count). The van der Waals surface area contributed by atoms with Crippen molar-refractivity contribution in [2.45, 2.75) is 82.4 Å². The molecule has 134 valence electrons. The fourth-order valence-electron chi connectivity index (χ4n) is 4.72. The zero-order chi connectivity index (χ0) is 17.0. The molecule has 1 nitrogen and oxygen atoms in total. The average Bonchev–Trinajstić information content (AvgIpc) is 2.64. The standard InChI is InChI=1S/C22H36NP/c1-4-23(2,3)21-17-11-12-18-22(21)24(19-13-7-5-8-14-19)20-15-9-6-10-16-20/h4,11-12,17-20H,5-10,13-16H2,1-3H3. The quantitative estimate of drug-likeness (QED) is 0.338. The summed E-state index contributed by atoms with van der Waals surface area (Å²) in [6.45, 7) is 4.55. The summed E-state index contributed by atoms with van der Waals surface area (Å²) in [7, 11) is 4.66. The Labute approximate surface area is 151 Å². The first-order valence-electron chi connectivity index (χ1n) is 10.2. The van der Waals surface area contributed by atoms with E-state index >= 15 is 0 Å². The molecule has 0 aliphatic heterocycles. The second-order valence-corrected chi connectivity index (χ2v) is 11.0. The van der Waals surface area contributed by atoms with E-state index in [1.165, 1.54) is 64.2 Å². The molecular formula is C22H36NP. The molecular weight excluding hydrogens is 309 g/mol. The molecule has 0 N–H and O–H groups in total. The Kier molecular flexibility index (Phi) is 6.38. The summed E-state index contributed by atoms with van der Waals surface area (Å²) in [4.78, 5) is 0. The highest BCUT2D eigenvalue weighted by Crippen LogP contribution is 2.56. The first-order chi connectivity index (χ1) is 11.6. The van der Waals surface area contributed by atoms with E-state index in [0.29, 0.717) is 0 Å². The Balaban J connectivity index is 1.98. The van der Waals surface area contributed by atoms with Gasteiger partial charge in [0.1, 0.15) is 5.69 Å². The molecule has 0 atom stereocenters. The summed E-state index contributed by atoms with van der Waals surface area (Å²) in [6, 6.07) is 9.44. The van der Waals surface area contributed by atoms with E-state index in [9.17, 15) is 0 Å². The Morgan fingerprint density at radius 3 is 1.83 bits per heavy atom. The van der Waals surface area contributed by atoms with Crippen molar-refractivity contribution in [2.24, 2.45) is 0 Å². The highest BCUT2D eigenvalue weighted by Gasteiger charge is 2.35. The van der Waals surface area contributed by atoms with Gasteiger partial charge in [0.05, 0.1) is 0 Å². The van der Waals surface area contributed by atoms with Crippen molar-refractivity contribution in [3.8, 4) is 0 Å². The number of quaternary nitrogens is 1. The molecule has 2 saturated carbocycles. The molecule has 0 amide bonds. The van der Waals surface area contributed by atoms with Crippen molar-refractivity contribution in [2.75, 3.05) is 14.1 Å². The molecule has 0 aromatic heterocycles. The number of benzene rings is 1. The third kappa shape index (κ3) is 4.05. The van der Waals surface area contributed by atoms with Gasteiger partial charge in [-0.15, -0.1) is 13.5 Å². The van der Waals surface area contributed by atoms with Gasteiger partial charge in [-0.05, 0) is 49.1 Å². The molecule has 0 radical (unpaired) electrons. The van der Waals surface area contributed by atoms with Gasteiger partial charge in [-0.3, -0.25) is 0 Å². The largest absolute Gasteiger partial charge is 0.426 e. The van der Waals surface area contributed by atoms with Crippen LogP contribution in [0.3, 0.4) is 0 Å². The van der Waals surface area contributed by atoms with Gasteiger partial charge >= 0.3 is 0 Å². The smallest absolute Gasteiger partial charge is 0.114 e. The molecule has 1 aromatic carbocycles. The van der Waals surface area contributed by atoms with Crippen LogP contribution in [0.5, 0.6) is 0 Å². The number of rotatable bonds is 5. The maximum Gasteiger partial charge on any atom is 0.114 e. The van der Waals surface area contributed by atoms with E-state index in [1.54, 1.807) is 11.0 Å². The zero-order valence-electron chi connectivity index (χ0n) is 16.0. The van der Waals surface area contributed by atoms with Gasteiger partial charge in [0.15, 0.2) is 0 Å². The van der Waals surface area contributed by atoms with Crippen LogP contribution in [0.25, 0.3) is 0 Å². The van der Waals surface area contributed by atoms with E-state index in [2.05, 4.69) is 51.8 Å². The fraction of sp³-hybridized carbons (Fsp3) is 0.682. The molecule has 0 heterocycles. The number of hydrogen-bond acceptors (Lipinski definition) is 0. The number of hydrogen-bond donors (Lipinski definition) is 0. The molecule has 0 spiro atoms. The van der Waals surface area contributed by atoms with Gasteiger partial charge in [0.2, 0.25) is 0 Å². The van der Waals surface area contributed by atoms with Crippen molar-refractivity contribution >= 4 is 18.9 Å². The minimum absolute atomic E-state index is 0.0185. The summed E-state index contributed by atoms with van der Waals surface area (Å²) >= 11 is 0. The van der Waals surface area contributed by atoms with Crippen LogP contribution in [-0.2, 0) is 0 Å². The van der Waals surface area contributed by atoms with Crippen LogP contribution in [0, 0.1) is 6.54 Å². The first kappa shape index (κ1) is 18.4. The van der Waals surface area contributed by atoms with Crippen LogP contribution in [0.1, 0.15) is 71.1 Å². The number of para-hydroxylation sites is 1. The van der Waals surface area contributed by atoms with Gasteiger partial charge < -0.3 is 4.48 Å². The van der Waals surface area contributed by atoms with E-state index < -0.39 is 0 Å². The maximum absolute atomic E-state index is 2.49. The second-order valence-electron chi connectivity index (χ2n) is 8.28. The molecule has 2 fully saturated rings. The SMILES string of the molecule is C[CH-][N+](C)(C)c1ccccc1P(C1CCCCC1)C1CCCCC1. The molecule has 24 heavy (non-hydrogen) atoms. The van der Waals surface area contributed by atoms with Gasteiger partial charge in [-0.25, -0.2) is 0 Å². The second kappa shape index (κ2) is 8.33. The summed E-state index contributed by atoms with van der Waals surface area (Å²) in [5, 5.41) is 1.73. The van der Waals surface area contributed by atoms with Crippen molar-refractivity contribution < 1.29 is 0 Å². The van der Waals surface area contributed by atoms with E-state index in [0.717, 1.165) is 15.8 Å². The molecule has 0 bridgehead atoms. The van der Waals surface area contributed by atoms with Crippen molar-refractivity contribution in [3.05, 3.63) is 30.8 Å². The maximum atomic E-state index is 2.49. The van der Waals surface area contributed by atoms with Crippen molar-refractivity contribution in [3.63, 3.8) is 0 Å². The van der Waals surface area contributed by atoms with E-state index in [-0.39, 0.29) is 7.92 Å². The molecule has 0 saturated heterocycles. The molecule has 2 aliphatic carbocycles. The molecule has 1 aromatic rings.